The molecule has 92 valence electrons. The minimum Gasteiger partial charge on any atom is -0.351 e. The van der Waals surface area contributed by atoms with E-state index in [1.807, 2.05) is 12.1 Å². The van der Waals surface area contributed by atoms with Gasteiger partial charge in [-0.05, 0) is 34.7 Å². The van der Waals surface area contributed by atoms with Gasteiger partial charge in [-0.25, -0.2) is 0 Å². The maximum absolute atomic E-state index is 11.8. The molecule has 0 unspecified atom stereocenters. The maximum Gasteiger partial charge on any atom is 0.287 e. The molecule has 1 heterocycles. The van der Waals surface area contributed by atoms with Gasteiger partial charge in [0.25, 0.3) is 11.6 Å². The summed E-state index contributed by atoms with van der Waals surface area (Å²) in [7, 11) is 0. The van der Waals surface area contributed by atoms with Gasteiger partial charge in [-0.3, -0.25) is 14.9 Å². The number of carbonyl (C=O) groups is 1. The smallest absolute Gasteiger partial charge is 0.287 e. The van der Waals surface area contributed by atoms with E-state index < -0.39 is 10.8 Å². The summed E-state index contributed by atoms with van der Waals surface area (Å²) in [5.74, 6) is -0.410. The number of halogens is 1. The zero-order valence-corrected chi connectivity index (χ0v) is 11.2. The molecule has 6 nitrogen and oxygen atoms in total. The van der Waals surface area contributed by atoms with Crippen molar-refractivity contribution in [3.8, 4) is 0 Å². The minimum atomic E-state index is -0.556. The van der Waals surface area contributed by atoms with Crippen LogP contribution in [0.4, 0.5) is 11.4 Å². The Balaban J connectivity index is 2.17. The Labute approximate surface area is 116 Å². The molecule has 0 aliphatic heterocycles. The Bertz CT molecular complexity index is 609. The van der Waals surface area contributed by atoms with Crippen molar-refractivity contribution in [3.05, 3.63) is 55.9 Å². The van der Waals surface area contributed by atoms with Crippen molar-refractivity contribution < 1.29 is 9.72 Å². The topological polar surface area (TPSA) is 88.0 Å². The molecule has 0 saturated heterocycles. The molecule has 2 rings (SSSR count). The largest absolute Gasteiger partial charge is 0.351 e. The second kappa shape index (κ2) is 5.17. The standard InChI is InChI=1S/C11H8IN3O3/c12-8-3-1-2-4-9(8)14-11(16)10-5-7(6-13-10)15(17)18/h1-6,13H,(H,14,16). The molecule has 0 aliphatic rings. The highest BCUT2D eigenvalue weighted by molar-refractivity contribution is 14.1. The second-order valence-electron chi connectivity index (χ2n) is 3.46. The molecule has 0 spiro atoms. The van der Waals surface area contributed by atoms with Gasteiger partial charge in [0, 0.05) is 9.64 Å². The van der Waals surface area contributed by atoms with Crippen molar-refractivity contribution in [2.75, 3.05) is 5.32 Å². The van der Waals surface area contributed by atoms with Crippen molar-refractivity contribution in [1.29, 1.82) is 0 Å². The molecule has 1 amide bonds. The fourth-order valence-corrected chi connectivity index (χ4v) is 1.89. The number of nitro groups is 1. The van der Waals surface area contributed by atoms with Crippen LogP contribution in [0.15, 0.2) is 36.5 Å². The number of nitrogens with one attached hydrogen (secondary N) is 2. The van der Waals surface area contributed by atoms with Crippen LogP contribution in [0.2, 0.25) is 0 Å². The number of rotatable bonds is 3. The number of H-pyrrole nitrogens is 1. The Morgan fingerprint density at radius 2 is 2.11 bits per heavy atom. The normalized spacial score (nSPS) is 10.1. The SMILES string of the molecule is O=C(Nc1ccccc1I)c1cc([N+](=O)[O-])c[nH]1. The second-order valence-corrected chi connectivity index (χ2v) is 4.62. The van der Waals surface area contributed by atoms with Crippen LogP contribution in [0.3, 0.4) is 0 Å². The molecule has 0 aliphatic carbocycles. The summed E-state index contributed by atoms with van der Waals surface area (Å²) in [6.45, 7) is 0. The van der Waals surface area contributed by atoms with Gasteiger partial charge in [-0.2, -0.15) is 0 Å². The number of hydrogen-bond acceptors (Lipinski definition) is 3. The summed E-state index contributed by atoms with van der Waals surface area (Å²) >= 11 is 2.10. The molecule has 1 aromatic carbocycles. The molecular formula is C11H8IN3O3. The van der Waals surface area contributed by atoms with Gasteiger partial charge in [0.2, 0.25) is 0 Å². The Kier molecular flexibility index (Phi) is 3.60. The van der Waals surface area contributed by atoms with Crippen molar-refractivity contribution in [2.45, 2.75) is 0 Å². The van der Waals surface area contributed by atoms with Crippen LogP contribution in [0, 0.1) is 13.7 Å². The van der Waals surface area contributed by atoms with E-state index in [0.29, 0.717) is 5.69 Å². The fraction of sp³-hybridized carbons (Fsp3) is 0. The lowest BCUT2D eigenvalue weighted by Crippen LogP contribution is -2.12. The summed E-state index contributed by atoms with van der Waals surface area (Å²) in [5.41, 5.74) is 0.685. The molecule has 1 aromatic heterocycles. The molecule has 0 bridgehead atoms. The van der Waals surface area contributed by atoms with Gasteiger partial charge in [0.15, 0.2) is 0 Å². The first-order chi connectivity index (χ1) is 8.58. The molecule has 7 heteroatoms. The van der Waals surface area contributed by atoms with Crippen molar-refractivity contribution in [1.82, 2.24) is 4.98 Å². The Morgan fingerprint density at radius 1 is 1.39 bits per heavy atom. The molecular weight excluding hydrogens is 349 g/mol. The van der Waals surface area contributed by atoms with E-state index in [-0.39, 0.29) is 11.4 Å². The molecule has 2 N–H and O–H groups in total. The fourth-order valence-electron chi connectivity index (χ4n) is 1.37. The Hall–Kier alpha value is -1.90. The number of aromatic amines is 1. The van der Waals surface area contributed by atoms with Crippen molar-refractivity contribution in [2.24, 2.45) is 0 Å². The summed E-state index contributed by atoms with van der Waals surface area (Å²) in [4.78, 5) is 24.4. The van der Waals surface area contributed by atoms with Crippen LogP contribution in [0.5, 0.6) is 0 Å². The lowest BCUT2D eigenvalue weighted by atomic mass is 10.3. The van der Waals surface area contributed by atoms with E-state index in [1.54, 1.807) is 12.1 Å². The van der Waals surface area contributed by atoms with E-state index >= 15 is 0 Å². The molecule has 0 radical (unpaired) electrons. The number of carbonyl (C=O) groups excluding carboxylic acids is 1. The monoisotopic (exact) mass is 357 g/mol. The average molecular weight is 357 g/mol. The number of benzene rings is 1. The van der Waals surface area contributed by atoms with Crippen LogP contribution in [0.25, 0.3) is 0 Å². The third kappa shape index (κ3) is 2.67. The molecule has 0 saturated carbocycles. The molecule has 18 heavy (non-hydrogen) atoms. The van der Waals surface area contributed by atoms with E-state index in [1.165, 1.54) is 12.3 Å². The lowest BCUT2D eigenvalue weighted by molar-refractivity contribution is -0.384. The van der Waals surface area contributed by atoms with E-state index in [0.717, 1.165) is 3.57 Å². The zero-order valence-electron chi connectivity index (χ0n) is 9.01. The number of amides is 1. The summed E-state index contributed by atoms with van der Waals surface area (Å²) in [6.07, 6.45) is 1.19. The zero-order chi connectivity index (χ0) is 13.1. The number of aromatic nitrogens is 1. The van der Waals surface area contributed by atoms with Crippen LogP contribution >= 0.6 is 22.6 Å². The molecule has 0 fully saturated rings. The van der Waals surface area contributed by atoms with Crippen LogP contribution in [0.1, 0.15) is 10.5 Å². The first kappa shape index (κ1) is 12.6. The van der Waals surface area contributed by atoms with Gasteiger partial charge in [0.05, 0.1) is 16.8 Å². The molecule has 2 aromatic rings. The number of nitrogens with zero attached hydrogens (tertiary/aromatic N) is 1. The van der Waals surface area contributed by atoms with E-state index in [2.05, 4.69) is 32.9 Å². The lowest BCUT2D eigenvalue weighted by Gasteiger charge is -2.05. The van der Waals surface area contributed by atoms with Crippen LogP contribution in [-0.2, 0) is 0 Å². The third-order valence-electron chi connectivity index (χ3n) is 2.25. The first-order valence-electron chi connectivity index (χ1n) is 4.96. The van der Waals surface area contributed by atoms with Gasteiger partial charge in [0.1, 0.15) is 5.69 Å². The van der Waals surface area contributed by atoms with Crippen molar-refractivity contribution >= 4 is 39.9 Å². The van der Waals surface area contributed by atoms with E-state index in [9.17, 15) is 14.9 Å². The summed E-state index contributed by atoms with van der Waals surface area (Å²) in [6, 6.07) is 8.47. The highest BCUT2D eigenvalue weighted by atomic mass is 127. The minimum absolute atomic E-state index is 0.136. The molecule has 0 atom stereocenters. The first-order valence-corrected chi connectivity index (χ1v) is 6.04. The van der Waals surface area contributed by atoms with Crippen LogP contribution in [-0.4, -0.2) is 15.8 Å². The average Bonchev–Trinajstić information content (AvgIpc) is 2.81. The van der Waals surface area contributed by atoms with E-state index in [4.69, 9.17) is 0 Å². The van der Waals surface area contributed by atoms with Crippen LogP contribution < -0.4 is 5.32 Å². The summed E-state index contributed by atoms with van der Waals surface area (Å²) in [5, 5.41) is 13.2. The number of para-hydroxylation sites is 1. The maximum atomic E-state index is 11.8. The van der Waals surface area contributed by atoms with Gasteiger partial charge >= 0.3 is 0 Å². The quantitative estimate of drug-likeness (QED) is 0.503. The predicted octanol–water partition coefficient (Wildman–Crippen LogP) is 2.78. The van der Waals surface area contributed by atoms with Crippen molar-refractivity contribution in [3.63, 3.8) is 0 Å². The highest BCUT2D eigenvalue weighted by Crippen LogP contribution is 2.19. The van der Waals surface area contributed by atoms with Gasteiger partial charge < -0.3 is 10.3 Å². The number of hydrogen-bond donors (Lipinski definition) is 2. The van der Waals surface area contributed by atoms with Gasteiger partial charge in [-0.15, -0.1) is 0 Å². The predicted molar refractivity (Wildman–Crippen MR) is 74.6 cm³/mol. The Morgan fingerprint density at radius 3 is 2.72 bits per heavy atom. The third-order valence-corrected chi connectivity index (χ3v) is 3.19. The number of anilines is 1. The highest BCUT2D eigenvalue weighted by Gasteiger charge is 2.14. The summed E-state index contributed by atoms with van der Waals surface area (Å²) < 4.78 is 0.893. The van der Waals surface area contributed by atoms with Gasteiger partial charge in [-0.1, -0.05) is 12.1 Å².